The third-order valence-corrected chi connectivity index (χ3v) is 4.50. The number of nitrogen functional groups attached to an aromatic ring is 1. The molecule has 3 rings (SSSR count). The zero-order chi connectivity index (χ0) is 16.4. The third-order valence-electron chi connectivity index (χ3n) is 3.51. The van der Waals surface area contributed by atoms with E-state index in [0.29, 0.717) is 15.7 Å². The number of nitrogens with one attached hydrogen (secondary N) is 1. The molecule has 0 aliphatic carbocycles. The van der Waals surface area contributed by atoms with Crippen LogP contribution in [0.2, 0.25) is 0 Å². The number of thiazole rings is 1. The molecule has 0 saturated carbocycles. The second-order valence-corrected chi connectivity index (χ2v) is 6.20. The van der Waals surface area contributed by atoms with Gasteiger partial charge < -0.3 is 5.73 Å². The van der Waals surface area contributed by atoms with Crippen molar-refractivity contribution in [1.29, 1.82) is 0 Å². The second-order valence-electron chi connectivity index (χ2n) is 5.17. The van der Waals surface area contributed by atoms with E-state index < -0.39 is 0 Å². The van der Waals surface area contributed by atoms with Gasteiger partial charge in [-0.2, -0.15) is 5.10 Å². The summed E-state index contributed by atoms with van der Waals surface area (Å²) in [5.74, 6) is -0.295. The lowest BCUT2D eigenvalue weighted by molar-refractivity contribution is 0.0958. The number of anilines is 1. The number of aromatic nitrogens is 1. The fraction of sp³-hybridized carbons (Fsp3) is 0.118. The van der Waals surface area contributed by atoms with Crippen LogP contribution in [0.1, 0.15) is 27.9 Å². The lowest BCUT2D eigenvalue weighted by atomic mass is 10.0. The zero-order valence-corrected chi connectivity index (χ0v) is 13.6. The van der Waals surface area contributed by atoms with Gasteiger partial charge in [0.25, 0.3) is 5.91 Å². The molecule has 0 fully saturated rings. The van der Waals surface area contributed by atoms with Crippen molar-refractivity contribution in [1.82, 2.24) is 10.4 Å². The molecule has 0 atom stereocenters. The van der Waals surface area contributed by atoms with Crippen molar-refractivity contribution in [3.63, 3.8) is 0 Å². The molecular weight excluding hydrogens is 308 g/mol. The average molecular weight is 324 g/mol. The Bertz CT molecular complexity index is 914. The predicted molar refractivity (Wildman–Crippen MR) is 94.9 cm³/mol. The van der Waals surface area contributed by atoms with Crippen LogP contribution in [0, 0.1) is 6.92 Å². The summed E-state index contributed by atoms with van der Waals surface area (Å²) in [6, 6.07) is 14.2. The largest absolute Gasteiger partial charge is 0.375 e. The highest BCUT2D eigenvalue weighted by Crippen LogP contribution is 2.19. The molecule has 0 aliphatic heterocycles. The normalized spacial score (nSPS) is 11.7. The molecule has 116 valence electrons. The van der Waals surface area contributed by atoms with E-state index in [9.17, 15) is 4.79 Å². The van der Waals surface area contributed by atoms with Crippen LogP contribution < -0.4 is 11.2 Å². The van der Waals surface area contributed by atoms with E-state index in [2.05, 4.69) is 27.6 Å². The van der Waals surface area contributed by atoms with Crippen LogP contribution in [-0.2, 0) is 0 Å². The fourth-order valence-corrected chi connectivity index (χ4v) is 3.02. The molecule has 1 amide bonds. The van der Waals surface area contributed by atoms with Crippen LogP contribution in [0.15, 0.2) is 47.6 Å². The van der Waals surface area contributed by atoms with Gasteiger partial charge in [0.15, 0.2) is 5.13 Å². The maximum Gasteiger partial charge on any atom is 0.283 e. The number of aryl methyl sites for hydroxylation is 1. The summed E-state index contributed by atoms with van der Waals surface area (Å²) in [7, 11) is 0. The van der Waals surface area contributed by atoms with Gasteiger partial charge in [-0.3, -0.25) is 4.79 Å². The molecule has 0 radical (unpaired) electrons. The highest BCUT2D eigenvalue weighted by molar-refractivity contribution is 7.17. The van der Waals surface area contributed by atoms with E-state index in [1.165, 1.54) is 5.39 Å². The molecule has 23 heavy (non-hydrogen) atoms. The van der Waals surface area contributed by atoms with Crippen molar-refractivity contribution >= 4 is 38.9 Å². The molecule has 6 heteroatoms. The summed E-state index contributed by atoms with van der Waals surface area (Å²) in [6.07, 6.45) is 0. The van der Waals surface area contributed by atoms with Crippen molar-refractivity contribution in [2.24, 2.45) is 5.10 Å². The maximum absolute atomic E-state index is 12.1. The van der Waals surface area contributed by atoms with Gasteiger partial charge in [0.1, 0.15) is 4.88 Å². The monoisotopic (exact) mass is 324 g/mol. The zero-order valence-electron chi connectivity index (χ0n) is 12.8. The number of rotatable bonds is 3. The van der Waals surface area contributed by atoms with Gasteiger partial charge in [-0.1, -0.05) is 47.7 Å². The van der Waals surface area contributed by atoms with Gasteiger partial charge in [-0.15, -0.1) is 0 Å². The van der Waals surface area contributed by atoms with E-state index in [-0.39, 0.29) is 5.91 Å². The second kappa shape index (κ2) is 6.18. The SMILES string of the molecule is C/C(=N/NC(=O)c1sc(N)nc1C)c1ccc2ccccc2c1. The topological polar surface area (TPSA) is 80.4 Å². The minimum Gasteiger partial charge on any atom is -0.375 e. The standard InChI is InChI=1S/C17H16N4OS/c1-10(13-8-7-12-5-3-4-6-14(12)9-13)20-21-16(22)15-11(2)19-17(18)23-15/h3-9H,1-2H3,(H2,18,19)(H,21,22)/b20-10-. The van der Waals surface area contributed by atoms with E-state index in [0.717, 1.165) is 28.0 Å². The minimum absolute atomic E-state index is 0.295. The van der Waals surface area contributed by atoms with Gasteiger partial charge in [0.2, 0.25) is 0 Å². The summed E-state index contributed by atoms with van der Waals surface area (Å²) >= 11 is 1.16. The van der Waals surface area contributed by atoms with Crippen LogP contribution >= 0.6 is 11.3 Å². The van der Waals surface area contributed by atoms with Crippen molar-refractivity contribution in [2.75, 3.05) is 5.73 Å². The molecule has 0 saturated heterocycles. The highest BCUT2D eigenvalue weighted by atomic mass is 32.1. The average Bonchev–Trinajstić information content (AvgIpc) is 2.90. The Morgan fingerprint density at radius 2 is 1.96 bits per heavy atom. The molecule has 0 aliphatic rings. The van der Waals surface area contributed by atoms with E-state index in [4.69, 9.17) is 5.73 Å². The summed E-state index contributed by atoms with van der Waals surface area (Å²) in [4.78, 5) is 16.6. The van der Waals surface area contributed by atoms with Gasteiger partial charge in [0.05, 0.1) is 11.4 Å². The minimum atomic E-state index is -0.295. The van der Waals surface area contributed by atoms with Gasteiger partial charge in [-0.05, 0) is 36.2 Å². The van der Waals surface area contributed by atoms with Crippen LogP contribution in [0.25, 0.3) is 10.8 Å². The lowest BCUT2D eigenvalue weighted by Crippen LogP contribution is -2.19. The van der Waals surface area contributed by atoms with Gasteiger partial charge in [-0.25, -0.2) is 10.4 Å². The Morgan fingerprint density at radius 1 is 1.22 bits per heavy atom. The van der Waals surface area contributed by atoms with Crippen LogP contribution in [0.3, 0.4) is 0 Å². The van der Waals surface area contributed by atoms with Crippen LogP contribution in [0.4, 0.5) is 5.13 Å². The number of carbonyl (C=O) groups excluding carboxylic acids is 1. The van der Waals surface area contributed by atoms with Crippen molar-refractivity contribution in [3.05, 3.63) is 58.6 Å². The number of nitrogens with two attached hydrogens (primary N) is 1. The molecule has 0 unspecified atom stereocenters. The van der Waals surface area contributed by atoms with Crippen molar-refractivity contribution in [3.8, 4) is 0 Å². The van der Waals surface area contributed by atoms with Crippen molar-refractivity contribution in [2.45, 2.75) is 13.8 Å². The highest BCUT2D eigenvalue weighted by Gasteiger charge is 2.13. The predicted octanol–water partition coefficient (Wildman–Crippen LogP) is 3.34. The summed E-state index contributed by atoms with van der Waals surface area (Å²) in [6.45, 7) is 3.61. The molecule has 0 spiro atoms. The third kappa shape index (κ3) is 3.22. The Kier molecular flexibility index (Phi) is 4.08. The summed E-state index contributed by atoms with van der Waals surface area (Å²) < 4.78 is 0. The summed E-state index contributed by atoms with van der Waals surface area (Å²) in [5.41, 5.74) is 10.5. The first-order valence-electron chi connectivity index (χ1n) is 7.11. The van der Waals surface area contributed by atoms with E-state index in [1.807, 2.05) is 37.3 Å². The van der Waals surface area contributed by atoms with Gasteiger partial charge in [0, 0.05) is 0 Å². The summed E-state index contributed by atoms with van der Waals surface area (Å²) in [5, 5.41) is 6.87. The quantitative estimate of drug-likeness (QED) is 0.573. The first-order valence-corrected chi connectivity index (χ1v) is 7.93. The molecule has 0 bridgehead atoms. The van der Waals surface area contributed by atoms with E-state index in [1.54, 1.807) is 6.92 Å². The number of hydrogen-bond acceptors (Lipinski definition) is 5. The molecule has 1 heterocycles. The molecule has 3 aromatic rings. The molecular formula is C17H16N4OS. The number of benzene rings is 2. The number of carbonyl (C=O) groups is 1. The molecule has 2 aromatic carbocycles. The number of nitrogens with zero attached hydrogens (tertiary/aromatic N) is 2. The fourth-order valence-electron chi connectivity index (χ4n) is 2.29. The Labute approximate surface area is 137 Å². The Morgan fingerprint density at radius 3 is 2.65 bits per heavy atom. The molecule has 1 aromatic heterocycles. The Balaban J connectivity index is 1.81. The maximum atomic E-state index is 12.1. The Hall–Kier alpha value is -2.73. The van der Waals surface area contributed by atoms with Crippen LogP contribution in [-0.4, -0.2) is 16.6 Å². The lowest BCUT2D eigenvalue weighted by Gasteiger charge is -2.04. The number of hydrazone groups is 1. The molecule has 3 N–H and O–H groups in total. The van der Waals surface area contributed by atoms with E-state index >= 15 is 0 Å². The number of fused-ring (bicyclic) bond motifs is 1. The van der Waals surface area contributed by atoms with Crippen molar-refractivity contribution < 1.29 is 4.79 Å². The number of amides is 1. The number of hydrogen-bond donors (Lipinski definition) is 2. The van der Waals surface area contributed by atoms with Crippen LogP contribution in [0.5, 0.6) is 0 Å². The first-order chi connectivity index (χ1) is 11.0. The first kappa shape index (κ1) is 15.2. The van der Waals surface area contributed by atoms with Gasteiger partial charge >= 0.3 is 0 Å². The molecule has 5 nitrogen and oxygen atoms in total. The smallest absolute Gasteiger partial charge is 0.283 e.